The van der Waals surface area contributed by atoms with Crippen molar-refractivity contribution in [2.24, 2.45) is 0 Å². The smallest absolute Gasteiger partial charge is 0.131 e. The van der Waals surface area contributed by atoms with Gasteiger partial charge in [0, 0.05) is 0 Å². The highest BCUT2D eigenvalue weighted by Crippen LogP contribution is 2.35. The molecular formula is C23H25NO2. The van der Waals surface area contributed by atoms with Gasteiger partial charge in [0.2, 0.25) is 0 Å². The molecule has 0 saturated heterocycles. The van der Waals surface area contributed by atoms with Gasteiger partial charge in [-0.15, -0.1) is 0 Å². The molecule has 1 aromatic heterocycles. The summed E-state index contributed by atoms with van der Waals surface area (Å²) in [5, 5.41) is 22.7. The largest absolute Gasteiger partial charge is 0.379 e. The zero-order valence-electron chi connectivity index (χ0n) is 15.3. The van der Waals surface area contributed by atoms with Gasteiger partial charge in [-0.2, -0.15) is 0 Å². The molecule has 1 heterocycles. The predicted octanol–water partition coefficient (Wildman–Crippen LogP) is 4.37. The van der Waals surface area contributed by atoms with E-state index in [1.54, 1.807) is 0 Å². The standard InChI is InChI=1S/C23H25NO2/c1-3-22(25,18-12-7-5-8-13-18)20-16-11-17-21(24-20)23(26,4-2)19-14-9-6-10-15-19/h5-17,25-26H,3-4H2,1-2H3/t22-,23-/m0/s1. The van der Waals surface area contributed by atoms with E-state index in [0.29, 0.717) is 24.2 Å². The van der Waals surface area contributed by atoms with Crippen LogP contribution in [0.15, 0.2) is 78.9 Å². The van der Waals surface area contributed by atoms with Gasteiger partial charge in [0.05, 0.1) is 11.4 Å². The maximum Gasteiger partial charge on any atom is 0.131 e. The zero-order chi connectivity index (χ0) is 18.6. The fourth-order valence-electron chi connectivity index (χ4n) is 3.39. The molecule has 0 saturated carbocycles. The van der Waals surface area contributed by atoms with Crippen LogP contribution in [-0.2, 0) is 11.2 Å². The van der Waals surface area contributed by atoms with Crippen LogP contribution in [0.1, 0.15) is 49.2 Å². The van der Waals surface area contributed by atoms with Crippen molar-refractivity contribution in [1.82, 2.24) is 4.98 Å². The van der Waals surface area contributed by atoms with Crippen LogP contribution in [0, 0.1) is 0 Å². The number of nitrogens with zero attached hydrogens (tertiary/aromatic N) is 1. The van der Waals surface area contributed by atoms with Crippen LogP contribution >= 0.6 is 0 Å². The van der Waals surface area contributed by atoms with Gasteiger partial charge in [-0.3, -0.25) is 4.98 Å². The van der Waals surface area contributed by atoms with E-state index in [1.165, 1.54) is 0 Å². The molecule has 0 aliphatic carbocycles. The molecule has 0 bridgehead atoms. The van der Waals surface area contributed by atoms with Crippen molar-refractivity contribution in [1.29, 1.82) is 0 Å². The summed E-state index contributed by atoms with van der Waals surface area (Å²) < 4.78 is 0. The third-order valence-corrected chi connectivity index (χ3v) is 5.12. The summed E-state index contributed by atoms with van der Waals surface area (Å²) in [5.74, 6) is 0. The van der Waals surface area contributed by atoms with Crippen molar-refractivity contribution in [2.75, 3.05) is 0 Å². The summed E-state index contributed by atoms with van der Waals surface area (Å²) in [7, 11) is 0. The highest BCUT2D eigenvalue weighted by Gasteiger charge is 2.35. The summed E-state index contributed by atoms with van der Waals surface area (Å²) in [6, 6.07) is 24.6. The van der Waals surface area contributed by atoms with Crippen molar-refractivity contribution in [2.45, 2.75) is 37.9 Å². The number of benzene rings is 2. The van der Waals surface area contributed by atoms with Crippen LogP contribution in [0.5, 0.6) is 0 Å². The summed E-state index contributed by atoms with van der Waals surface area (Å²) in [6.45, 7) is 3.87. The van der Waals surface area contributed by atoms with Crippen LogP contribution in [0.2, 0.25) is 0 Å². The van der Waals surface area contributed by atoms with Crippen LogP contribution in [-0.4, -0.2) is 15.2 Å². The van der Waals surface area contributed by atoms with Gasteiger partial charge < -0.3 is 10.2 Å². The average molecular weight is 347 g/mol. The van der Waals surface area contributed by atoms with Crippen molar-refractivity contribution in [3.05, 3.63) is 101 Å². The number of hydrogen-bond acceptors (Lipinski definition) is 3. The molecule has 2 atom stereocenters. The summed E-state index contributed by atoms with van der Waals surface area (Å²) in [6.07, 6.45) is 0.979. The van der Waals surface area contributed by atoms with E-state index in [9.17, 15) is 10.2 Å². The van der Waals surface area contributed by atoms with E-state index in [1.807, 2.05) is 92.7 Å². The number of hydrogen-bond donors (Lipinski definition) is 2. The molecule has 26 heavy (non-hydrogen) atoms. The second kappa shape index (κ2) is 7.40. The predicted molar refractivity (Wildman–Crippen MR) is 104 cm³/mol. The van der Waals surface area contributed by atoms with E-state index in [2.05, 4.69) is 0 Å². The first-order valence-electron chi connectivity index (χ1n) is 9.08. The van der Waals surface area contributed by atoms with Crippen molar-refractivity contribution < 1.29 is 10.2 Å². The summed E-state index contributed by atoms with van der Waals surface area (Å²) in [5.41, 5.74) is 0.308. The SMILES string of the molecule is CC[C@](O)(c1ccccc1)c1cccc([C@](O)(CC)c2ccccc2)n1. The molecule has 0 aliphatic rings. The maximum atomic E-state index is 11.4. The maximum absolute atomic E-state index is 11.4. The van der Waals surface area contributed by atoms with Crippen LogP contribution in [0.4, 0.5) is 0 Å². The highest BCUT2D eigenvalue weighted by atomic mass is 16.3. The lowest BCUT2D eigenvalue weighted by atomic mass is 9.84. The molecule has 0 amide bonds. The Morgan fingerprint density at radius 1 is 0.615 bits per heavy atom. The van der Waals surface area contributed by atoms with E-state index in [-0.39, 0.29) is 0 Å². The van der Waals surface area contributed by atoms with Gasteiger partial charge in [-0.25, -0.2) is 0 Å². The van der Waals surface area contributed by atoms with Gasteiger partial charge in [0.25, 0.3) is 0 Å². The van der Waals surface area contributed by atoms with Gasteiger partial charge in [0.15, 0.2) is 0 Å². The van der Waals surface area contributed by atoms with Crippen LogP contribution < -0.4 is 0 Å². The first-order chi connectivity index (χ1) is 12.5. The lowest BCUT2D eigenvalue weighted by molar-refractivity contribution is 0.0606. The van der Waals surface area contributed by atoms with Crippen molar-refractivity contribution in [3.63, 3.8) is 0 Å². The minimum atomic E-state index is -1.19. The van der Waals surface area contributed by atoms with Crippen molar-refractivity contribution >= 4 is 0 Å². The number of aromatic nitrogens is 1. The molecule has 3 heteroatoms. The topological polar surface area (TPSA) is 53.4 Å². The Bertz CT molecular complexity index is 782. The Morgan fingerprint density at radius 3 is 1.35 bits per heavy atom. The lowest BCUT2D eigenvalue weighted by Gasteiger charge is -2.31. The molecule has 3 rings (SSSR count). The van der Waals surface area contributed by atoms with Gasteiger partial charge in [-0.05, 0) is 36.1 Å². The average Bonchev–Trinajstić information content (AvgIpc) is 2.74. The van der Waals surface area contributed by atoms with E-state index in [4.69, 9.17) is 4.98 Å². The third kappa shape index (κ3) is 3.16. The normalized spacial score (nSPS) is 15.8. The second-order valence-corrected chi connectivity index (χ2v) is 6.57. The fourth-order valence-corrected chi connectivity index (χ4v) is 3.39. The van der Waals surface area contributed by atoms with E-state index >= 15 is 0 Å². The molecular weight excluding hydrogens is 322 g/mol. The molecule has 2 aromatic carbocycles. The molecule has 0 radical (unpaired) electrons. The summed E-state index contributed by atoms with van der Waals surface area (Å²) in [4.78, 5) is 4.71. The fraction of sp³-hybridized carbons (Fsp3) is 0.261. The molecule has 0 aliphatic heterocycles. The highest BCUT2D eigenvalue weighted by molar-refractivity contribution is 5.36. The Labute approximate surface area is 155 Å². The van der Waals surface area contributed by atoms with Gasteiger partial charge in [0.1, 0.15) is 11.2 Å². The Kier molecular flexibility index (Phi) is 5.21. The molecule has 134 valence electrons. The van der Waals surface area contributed by atoms with Gasteiger partial charge >= 0.3 is 0 Å². The van der Waals surface area contributed by atoms with E-state index in [0.717, 1.165) is 11.1 Å². The lowest BCUT2D eigenvalue weighted by Crippen LogP contribution is -2.32. The second-order valence-electron chi connectivity index (χ2n) is 6.57. The quantitative estimate of drug-likeness (QED) is 0.696. The minimum absolute atomic E-state index is 0.489. The molecule has 0 spiro atoms. The monoisotopic (exact) mass is 347 g/mol. The number of rotatable bonds is 6. The number of aliphatic hydroxyl groups is 2. The Balaban J connectivity index is 2.10. The molecule has 3 nitrogen and oxygen atoms in total. The van der Waals surface area contributed by atoms with Crippen LogP contribution in [0.3, 0.4) is 0 Å². The molecule has 2 N–H and O–H groups in total. The number of pyridine rings is 1. The first kappa shape index (κ1) is 18.3. The van der Waals surface area contributed by atoms with Crippen LogP contribution in [0.25, 0.3) is 0 Å². The summed E-state index contributed by atoms with van der Waals surface area (Å²) >= 11 is 0. The molecule has 0 fully saturated rings. The van der Waals surface area contributed by atoms with E-state index < -0.39 is 11.2 Å². The Morgan fingerprint density at radius 2 is 1.00 bits per heavy atom. The molecule has 3 aromatic rings. The zero-order valence-corrected chi connectivity index (χ0v) is 15.3. The first-order valence-corrected chi connectivity index (χ1v) is 9.08. The van der Waals surface area contributed by atoms with Crippen molar-refractivity contribution in [3.8, 4) is 0 Å². The third-order valence-electron chi connectivity index (χ3n) is 5.12. The minimum Gasteiger partial charge on any atom is -0.379 e. The van der Waals surface area contributed by atoms with Gasteiger partial charge in [-0.1, -0.05) is 80.6 Å². The Hall–Kier alpha value is -2.49. The molecule has 0 unspecified atom stereocenters.